The van der Waals surface area contributed by atoms with Crippen molar-refractivity contribution < 1.29 is 26.7 Å². The maximum Gasteiger partial charge on any atom is 0.453 e. The van der Waals surface area contributed by atoms with Crippen molar-refractivity contribution in [2.75, 3.05) is 18.1 Å². The van der Waals surface area contributed by atoms with Crippen molar-refractivity contribution in [2.45, 2.75) is 82.2 Å². The Morgan fingerprint density at radius 1 is 0.862 bits per heavy atom. The SMILES string of the molecule is FC(F)(F)C(F)(F)CCCSCCCCCCCCC1CCOc2ccccc21. The van der Waals surface area contributed by atoms with Crippen LogP contribution in [-0.4, -0.2) is 30.2 Å². The minimum atomic E-state index is -5.42. The lowest BCUT2D eigenvalue weighted by Crippen LogP contribution is -2.36. The van der Waals surface area contributed by atoms with Gasteiger partial charge in [0.1, 0.15) is 5.75 Å². The van der Waals surface area contributed by atoms with Crippen LogP contribution in [0.25, 0.3) is 0 Å². The quantitative estimate of drug-likeness (QED) is 0.228. The average molecular weight is 439 g/mol. The number of para-hydroxylation sites is 1. The summed E-state index contributed by atoms with van der Waals surface area (Å²) in [6.45, 7) is 0.799. The third-order valence-electron chi connectivity index (χ3n) is 5.37. The van der Waals surface area contributed by atoms with Gasteiger partial charge in [0.25, 0.3) is 0 Å². The van der Waals surface area contributed by atoms with Gasteiger partial charge in [0.05, 0.1) is 6.61 Å². The molecule has 2 rings (SSSR count). The molecule has 0 aromatic heterocycles. The number of rotatable bonds is 13. The van der Waals surface area contributed by atoms with E-state index in [1.807, 2.05) is 12.1 Å². The first kappa shape index (κ1) is 24.3. The molecule has 0 spiro atoms. The minimum absolute atomic E-state index is 0.105. The maximum absolute atomic E-state index is 12.8. The fraction of sp³-hybridized carbons (Fsp3) is 0.727. The molecule has 1 aromatic carbocycles. The lowest BCUT2D eigenvalue weighted by molar-refractivity contribution is -0.284. The van der Waals surface area contributed by atoms with E-state index in [0.717, 1.165) is 43.8 Å². The Morgan fingerprint density at radius 3 is 2.28 bits per heavy atom. The monoisotopic (exact) mass is 438 g/mol. The van der Waals surface area contributed by atoms with Crippen molar-refractivity contribution >= 4 is 11.8 Å². The minimum Gasteiger partial charge on any atom is -0.493 e. The average Bonchev–Trinajstić information content (AvgIpc) is 2.68. The van der Waals surface area contributed by atoms with Gasteiger partial charge in [0.2, 0.25) is 0 Å². The fourth-order valence-electron chi connectivity index (χ4n) is 3.66. The maximum atomic E-state index is 12.8. The third-order valence-corrected chi connectivity index (χ3v) is 6.52. The van der Waals surface area contributed by atoms with Crippen molar-refractivity contribution in [1.29, 1.82) is 0 Å². The molecular formula is C22H31F5OS. The van der Waals surface area contributed by atoms with Crippen molar-refractivity contribution in [3.63, 3.8) is 0 Å². The second kappa shape index (κ2) is 12.0. The fourth-order valence-corrected chi connectivity index (χ4v) is 4.62. The molecule has 0 saturated carbocycles. The van der Waals surface area contributed by atoms with Crippen LogP contribution in [0.2, 0.25) is 0 Å². The summed E-state index contributed by atoms with van der Waals surface area (Å²) in [7, 11) is 0. The van der Waals surface area contributed by atoms with Crippen LogP contribution < -0.4 is 4.74 Å². The van der Waals surface area contributed by atoms with Crippen LogP contribution in [0.1, 0.15) is 75.7 Å². The summed E-state index contributed by atoms with van der Waals surface area (Å²) in [5, 5.41) is 0. The van der Waals surface area contributed by atoms with Crippen LogP contribution in [-0.2, 0) is 0 Å². The molecule has 1 heterocycles. The van der Waals surface area contributed by atoms with E-state index in [0.29, 0.717) is 11.7 Å². The Kier molecular flexibility index (Phi) is 10.1. The molecule has 1 nitrogen and oxygen atoms in total. The number of hydrogen-bond acceptors (Lipinski definition) is 2. The molecule has 166 valence electrons. The lowest BCUT2D eigenvalue weighted by Gasteiger charge is -2.25. The summed E-state index contributed by atoms with van der Waals surface area (Å²) in [5.74, 6) is -1.74. The first-order valence-electron chi connectivity index (χ1n) is 10.6. The van der Waals surface area contributed by atoms with Gasteiger partial charge in [-0.15, -0.1) is 0 Å². The summed E-state index contributed by atoms with van der Waals surface area (Å²) < 4.78 is 67.4. The van der Waals surface area contributed by atoms with E-state index >= 15 is 0 Å². The van der Waals surface area contributed by atoms with Gasteiger partial charge < -0.3 is 4.74 Å². The first-order valence-corrected chi connectivity index (χ1v) is 11.7. The van der Waals surface area contributed by atoms with Crippen LogP contribution in [0.4, 0.5) is 22.0 Å². The number of benzene rings is 1. The Bertz CT molecular complexity index is 591. The molecule has 1 atom stereocenters. The predicted octanol–water partition coefficient (Wildman–Crippen LogP) is 7.99. The van der Waals surface area contributed by atoms with Gasteiger partial charge in [-0.2, -0.15) is 33.7 Å². The van der Waals surface area contributed by atoms with E-state index in [9.17, 15) is 22.0 Å². The summed E-state index contributed by atoms with van der Waals surface area (Å²) in [6.07, 6.45) is 2.48. The molecule has 0 aliphatic carbocycles. The molecular weight excluding hydrogens is 407 g/mol. The third kappa shape index (κ3) is 8.35. The lowest BCUT2D eigenvalue weighted by atomic mass is 9.88. The van der Waals surface area contributed by atoms with E-state index < -0.39 is 18.5 Å². The highest BCUT2D eigenvalue weighted by molar-refractivity contribution is 7.99. The molecule has 1 aliphatic rings. The van der Waals surface area contributed by atoms with Crippen LogP contribution in [0.15, 0.2) is 24.3 Å². The van der Waals surface area contributed by atoms with Crippen LogP contribution in [0.5, 0.6) is 5.75 Å². The number of unbranched alkanes of at least 4 members (excludes halogenated alkanes) is 5. The highest BCUT2D eigenvalue weighted by atomic mass is 32.2. The van der Waals surface area contributed by atoms with E-state index in [4.69, 9.17) is 4.74 Å². The van der Waals surface area contributed by atoms with Crippen molar-refractivity contribution in [1.82, 2.24) is 0 Å². The van der Waals surface area contributed by atoms with Gasteiger partial charge >= 0.3 is 12.1 Å². The van der Waals surface area contributed by atoms with Crippen molar-refractivity contribution in [2.24, 2.45) is 0 Å². The van der Waals surface area contributed by atoms with Crippen LogP contribution in [0, 0.1) is 0 Å². The topological polar surface area (TPSA) is 9.23 Å². The van der Waals surface area contributed by atoms with Crippen LogP contribution >= 0.6 is 11.8 Å². The highest BCUT2D eigenvalue weighted by Gasteiger charge is 2.56. The first-order chi connectivity index (χ1) is 13.8. The number of thioether (sulfide) groups is 1. The van der Waals surface area contributed by atoms with E-state index in [-0.39, 0.29) is 6.42 Å². The number of hydrogen-bond donors (Lipinski definition) is 0. The number of ether oxygens (including phenoxy) is 1. The zero-order valence-corrected chi connectivity index (χ0v) is 17.6. The van der Waals surface area contributed by atoms with E-state index in [1.165, 1.54) is 43.0 Å². The largest absolute Gasteiger partial charge is 0.493 e. The molecule has 0 fully saturated rings. The summed E-state index contributed by atoms with van der Waals surface area (Å²) >= 11 is 1.47. The van der Waals surface area contributed by atoms with Gasteiger partial charge in [-0.1, -0.05) is 50.3 Å². The zero-order chi connectivity index (χ0) is 21.2. The number of halogens is 5. The summed E-state index contributed by atoms with van der Waals surface area (Å²) in [5.41, 5.74) is 1.34. The normalized spacial score (nSPS) is 17.1. The van der Waals surface area contributed by atoms with Crippen LogP contribution in [0.3, 0.4) is 0 Å². The molecule has 0 radical (unpaired) electrons. The van der Waals surface area contributed by atoms with Crippen molar-refractivity contribution in [3.8, 4) is 5.75 Å². The molecule has 29 heavy (non-hydrogen) atoms. The Labute approximate surface area is 174 Å². The highest BCUT2D eigenvalue weighted by Crippen LogP contribution is 2.39. The smallest absolute Gasteiger partial charge is 0.453 e. The predicted molar refractivity (Wildman–Crippen MR) is 109 cm³/mol. The number of fused-ring (bicyclic) bond motifs is 1. The molecule has 1 aliphatic heterocycles. The molecule has 7 heteroatoms. The van der Waals surface area contributed by atoms with Gasteiger partial charge in [0, 0.05) is 6.42 Å². The van der Waals surface area contributed by atoms with E-state index in [1.54, 1.807) is 0 Å². The van der Waals surface area contributed by atoms with Gasteiger partial charge in [-0.25, -0.2) is 0 Å². The Balaban J connectivity index is 1.42. The second-order valence-corrected chi connectivity index (χ2v) is 8.92. The van der Waals surface area contributed by atoms with Gasteiger partial charge in [0.15, 0.2) is 0 Å². The van der Waals surface area contributed by atoms with Gasteiger partial charge in [-0.05, 0) is 54.7 Å². The molecule has 1 unspecified atom stereocenters. The molecule has 0 bridgehead atoms. The molecule has 1 aromatic rings. The van der Waals surface area contributed by atoms with Gasteiger partial charge in [-0.3, -0.25) is 0 Å². The van der Waals surface area contributed by atoms with Crippen molar-refractivity contribution in [3.05, 3.63) is 29.8 Å². The standard InChI is InChI=1S/C22H31F5OS/c23-21(24,22(25,26)27)14-9-17-29-16-8-4-2-1-3-5-10-18-13-15-28-20-12-7-6-11-19(18)20/h6-7,11-12,18H,1-5,8-10,13-17H2. The zero-order valence-electron chi connectivity index (χ0n) is 16.8. The molecule has 0 amide bonds. The summed E-state index contributed by atoms with van der Waals surface area (Å²) in [6, 6.07) is 8.29. The molecule has 0 saturated heterocycles. The number of alkyl halides is 5. The Hall–Kier alpha value is -0.980. The van der Waals surface area contributed by atoms with E-state index in [2.05, 4.69) is 12.1 Å². The second-order valence-electron chi connectivity index (χ2n) is 7.70. The molecule has 0 N–H and O–H groups in total. The Morgan fingerprint density at radius 2 is 1.52 bits per heavy atom. The summed E-state index contributed by atoms with van der Waals surface area (Å²) in [4.78, 5) is 0.